The summed E-state index contributed by atoms with van der Waals surface area (Å²) in [7, 11) is 0. The minimum Gasteiger partial charge on any atom is -0.494 e. The van der Waals surface area contributed by atoms with Gasteiger partial charge in [-0.05, 0) is 72.7 Å². The number of hydrazine groups is 1. The summed E-state index contributed by atoms with van der Waals surface area (Å²) in [6.07, 6.45) is 0.123. The molecular weight excluding hydrogens is 426 g/mol. The van der Waals surface area contributed by atoms with Crippen LogP contribution in [0.1, 0.15) is 30.6 Å². The highest BCUT2D eigenvalue weighted by atomic mass is 32.1. The lowest BCUT2D eigenvalue weighted by atomic mass is 10.1. The van der Waals surface area contributed by atoms with Crippen LogP contribution in [0.25, 0.3) is 10.8 Å². The number of ether oxygens (including phenoxy) is 2. The fraction of sp³-hybridized carbons (Fsp3) is 0.208. The fourth-order valence-electron chi connectivity index (χ4n) is 2.85. The van der Waals surface area contributed by atoms with Crippen molar-refractivity contribution in [3.63, 3.8) is 0 Å². The van der Waals surface area contributed by atoms with Gasteiger partial charge in [0, 0.05) is 5.56 Å². The molecule has 0 saturated heterocycles. The van der Waals surface area contributed by atoms with E-state index in [9.17, 15) is 9.59 Å². The van der Waals surface area contributed by atoms with Crippen LogP contribution < -0.4 is 25.6 Å². The molecule has 3 rings (SSSR count). The molecule has 32 heavy (non-hydrogen) atoms. The van der Waals surface area contributed by atoms with Gasteiger partial charge in [0.05, 0.1) is 6.61 Å². The summed E-state index contributed by atoms with van der Waals surface area (Å²) in [5, 5.41) is 4.58. The van der Waals surface area contributed by atoms with Gasteiger partial charge in [-0.3, -0.25) is 25.8 Å². The monoisotopic (exact) mass is 451 g/mol. The summed E-state index contributed by atoms with van der Waals surface area (Å²) in [5.41, 5.74) is 5.37. The number of thiocarbonyl (C=S) groups is 1. The molecular formula is C24H25N3O4S. The lowest BCUT2D eigenvalue weighted by molar-refractivity contribution is -0.127. The van der Waals surface area contributed by atoms with E-state index in [1.807, 2.05) is 49.4 Å². The Morgan fingerprint density at radius 3 is 2.34 bits per heavy atom. The molecule has 0 spiro atoms. The Hall–Kier alpha value is -3.65. The largest absolute Gasteiger partial charge is 0.494 e. The van der Waals surface area contributed by atoms with E-state index < -0.39 is 17.9 Å². The van der Waals surface area contributed by atoms with Gasteiger partial charge in [-0.2, -0.15) is 0 Å². The first kappa shape index (κ1) is 23.0. The van der Waals surface area contributed by atoms with Crippen molar-refractivity contribution >= 4 is 39.9 Å². The maximum Gasteiger partial charge on any atom is 0.279 e. The van der Waals surface area contributed by atoms with Crippen LogP contribution >= 0.6 is 12.2 Å². The summed E-state index contributed by atoms with van der Waals surface area (Å²) in [4.78, 5) is 24.6. The van der Waals surface area contributed by atoms with Crippen LogP contribution in [0.2, 0.25) is 0 Å². The van der Waals surface area contributed by atoms with E-state index in [1.165, 1.54) is 0 Å². The number of benzene rings is 3. The number of amides is 2. The molecule has 0 aliphatic carbocycles. The van der Waals surface area contributed by atoms with E-state index >= 15 is 0 Å². The first-order valence-electron chi connectivity index (χ1n) is 10.3. The number of hydrogen-bond acceptors (Lipinski definition) is 5. The molecule has 1 atom stereocenters. The summed E-state index contributed by atoms with van der Waals surface area (Å²) in [5.74, 6) is 0.428. The number of carbonyl (C=O) groups is 2. The zero-order valence-corrected chi connectivity index (χ0v) is 18.7. The minimum absolute atomic E-state index is 0.0347. The van der Waals surface area contributed by atoms with Crippen LogP contribution in [0.4, 0.5) is 0 Å². The second-order valence-electron chi connectivity index (χ2n) is 7.04. The average molecular weight is 452 g/mol. The molecule has 3 N–H and O–H groups in total. The molecule has 3 aromatic carbocycles. The van der Waals surface area contributed by atoms with Crippen molar-refractivity contribution in [2.45, 2.75) is 26.4 Å². The third-order valence-electron chi connectivity index (χ3n) is 4.52. The Kier molecular flexibility index (Phi) is 7.99. The minimum atomic E-state index is -0.780. The average Bonchev–Trinajstić information content (AvgIpc) is 2.81. The van der Waals surface area contributed by atoms with Crippen molar-refractivity contribution in [1.29, 1.82) is 0 Å². The lowest BCUT2D eigenvalue weighted by Crippen LogP contribution is -2.51. The summed E-state index contributed by atoms with van der Waals surface area (Å²) in [6.45, 7) is 4.25. The van der Waals surface area contributed by atoms with Crippen LogP contribution in [0.5, 0.6) is 11.5 Å². The predicted molar refractivity (Wildman–Crippen MR) is 128 cm³/mol. The van der Waals surface area contributed by atoms with Gasteiger partial charge in [-0.25, -0.2) is 0 Å². The van der Waals surface area contributed by atoms with E-state index in [-0.39, 0.29) is 5.11 Å². The normalized spacial score (nSPS) is 11.3. The van der Waals surface area contributed by atoms with Gasteiger partial charge in [0.25, 0.3) is 11.8 Å². The second kappa shape index (κ2) is 11.1. The Balaban J connectivity index is 1.45. The zero-order valence-electron chi connectivity index (χ0n) is 17.9. The van der Waals surface area contributed by atoms with Gasteiger partial charge in [0.1, 0.15) is 11.5 Å². The van der Waals surface area contributed by atoms with Crippen LogP contribution in [0.15, 0.2) is 66.7 Å². The van der Waals surface area contributed by atoms with E-state index in [1.54, 1.807) is 31.2 Å². The number of fused-ring (bicyclic) bond motifs is 1. The maximum atomic E-state index is 12.3. The standard InChI is InChI=1S/C24H25N3O4S/c1-3-14-30-20-11-9-18(10-12-20)23(29)25-24(32)27-26-22(28)16(2)31-21-13-8-17-6-4-5-7-19(17)15-21/h4-13,15-16H,3,14H2,1-2H3,(H,26,28)(H2,25,27,29,32). The first-order valence-corrected chi connectivity index (χ1v) is 10.7. The molecule has 0 bridgehead atoms. The van der Waals surface area contributed by atoms with E-state index in [4.69, 9.17) is 21.7 Å². The quantitative estimate of drug-likeness (QED) is 0.375. The Labute approximate surface area is 192 Å². The third kappa shape index (κ3) is 6.42. The van der Waals surface area contributed by atoms with Crippen molar-refractivity contribution in [2.75, 3.05) is 6.61 Å². The molecule has 166 valence electrons. The molecule has 0 aromatic heterocycles. The van der Waals surface area contributed by atoms with Crippen molar-refractivity contribution in [3.8, 4) is 11.5 Å². The van der Waals surface area contributed by atoms with Crippen molar-refractivity contribution in [3.05, 3.63) is 72.3 Å². The number of rotatable bonds is 7. The topological polar surface area (TPSA) is 88.7 Å². The van der Waals surface area contributed by atoms with Gasteiger partial charge in [0.2, 0.25) is 0 Å². The van der Waals surface area contributed by atoms with E-state index in [0.29, 0.717) is 23.7 Å². The Morgan fingerprint density at radius 1 is 0.938 bits per heavy atom. The Morgan fingerprint density at radius 2 is 1.62 bits per heavy atom. The van der Waals surface area contributed by atoms with Crippen LogP contribution in [0.3, 0.4) is 0 Å². The molecule has 0 aliphatic heterocycles. The van der Waals surface area contributed by atoms with Crippen LogP contribution in [-0.2, 0) is 4.79 Å². The lowest BCUT2D eigenvalue weighted by Gasteiger charge is -2.16. The van der Waals surface area contributed by atoms with Gasteiger partial charge in [-0.1, -0.05) is 37.3 Å². The molecule has 1 unspecified atom stereocenters. The molecule has 3 aromatic rings. The molecule has 0 radical (unpaired) electrons. The Bertz CT molecular complexity index is 1100. The molecule has 2 amide bonds. The van der Waals surface area contributed by atoms with Gasteiger partial charge in [0.15, 0.2) is 11.2 Å². The molecule has 0 saturated carbocycles. The van der Waals surface area contributed by atoms with Gasteiger partial charge in [-0.15, -0.1) is 0 Å². The summed E-state index contributed by atoms with van der Waals surface area (Å²) < 4.78 is 11.2. The van der Waals surface area contributed by atoms with E-state index in [2.05, 4.69) is 16.2 Å². The summed E-state index contributed by atoms with van der Waals surface area (Å²) in [6, 6.07) is 20.2. The fourth-order valence-corrected chi connectivity index (χ4v) is 2.99. The SMILES string of the molecule is CCCOc1ccc(C(=O)NC(=S)NNC(=O)C(C)Oc2ccc3ccccc3c2)cc1. The highest BCUT2D eigenvalue weighted by molar-refractivity contribution is 7.80. The van der Waals surface area contributed by atoms with Crippen molar-refractivity contribution in [2.24, 2.45) is 0 Å². The molecule has 7 nitrogen and oxygen atoms in total. The zero-order chi connectivity index (χ0) is 22.9. The highest BCUT2D eigenvalue weighted by Gasteiger charge is 2.16. The summed E-state index contributed by atoms with van der Waals surface area (Å²) >= 11 is 5.08. The first-order chi connectivity index (χ1) is 15.5. The van der Waals surface area contributed by atoms with E-state index in [0.717, 1.165) is 17.2 Å². The maximum absolute atomic E-state index is 12.3. The van der Waals surface area contributed by atoms with Gasteiger partial charge >= 0.3 is 0 Å². The number of nitrogens with one attached hydrogen (secondary N) is 3. The highest BCUT2D eigenvalue weighted by Crippen LogP contribution is 2.21. The second-order valence-corrected chi connectivity index (χ2v) is 7.45. The molecule has 0 fully saturated rings. The van der Waals surface area contributed by atoms with Crippen molar-refractivity contribution < 1.29 is 19.1 Å². The predicted octanol–water partition coefficient (Wildman–Crippen LogP) is 3.73. The smallest absolute Gasteiger partial charge is 0.279 e. The molecule has 0 aliphatic rings. The van der Waals surface area contributed by atoms with Crippen LogP contribution in [0, 0.1) is 0 Å². The van der Waals surface area contributed by atoms with Gasteiger partial charge < -0.3 is 9.47 Å². The number of hydrogen-bond donors (Lipinski definition) is 3. The third-order valence-corrected chi connectivity index (χ3v) is 4.72. The van der Waals surface area contributed by atoms with Crippen molar-refractivity contribution in [1.82, 2.24) is 16.2 Å². The molecule has 8 heteroatoms. The van der Waals surface area contributed by atoms with Crippen LogP contribution in [-0.4, -0.2) is 29.6 Å². The number of carbonyl (C=O) groups excluding carboxylic acids is 2. The molecule has 0 heterocycles.